The van der Waals surface area contributed by atoms with E-state index in [2.05, 4.69) is 6.92 Å². The maximum absolute atomic E-state index is 11.9. The number of halogens is 2. The third-order valence-corrected chi connectivity index (χ3v) is 4.09. The zero-order valence-corrected chi connectivity index (χ0v) is 13.1. The number of Topliss-reactive ketones (excluding diaryl/α,β-unsaturated/α-hetero) is 1. The molecule has 0 aromatic heterocycles. The van der Waals surface area contributed by atoms with Crippen LogP contribution in [0.3, 0.4) is 0 Å². The molecule has 0 radical (unpaired) electrons. The van der Waals surface area contributed by atoms with Crippen molar-refractivity contribution in [3.05, 3.63) is 33.8 Å². The number of hydrogen-bond acceptors (Lipinski definition) is 1. The second kappa shape index (κ2) is 9.39. The minimum Gasteiger partial charge on any atom is -0.299 e. The van der Waals surface area contributed by atoms with Gasteiger partial charge in [-0.3, -0.25) is 4.79 Å². The highest BCUT2D eigenvalue weighted by Gasteiger charge is 2.09. The molecule has 0 bridgehead atoms. The van der Waals surface area contributed by atoms with Crippen molar-refractivity contribution in [3.63, 3.8) is 0 Å². The van der Waals surface area contributed by atoms with Crippen molar-refractivity contribution < 1.29 is 4.79 Å². The fourth-order valence-corrected chi connectivity index (χ4v) is 2.48. The average Bonchev–Trinajstić information content (AvgIpc) is 2.39. The molecule has 0 amide bonds. The summed E-state index contributed by atoms with van der Waals surface area (Å²) in [7, 11) is 0. The van der Waals surface area contributed by atoms with Crippen LogP contribution in [0.2, 0.25) is 10.0 Å². The highest BCUT2D eigenvalue weighted by molar-refractivity contribution is 6.42. The minimum absolute atomic E-state index is 0.250. The third-order valence-electron chi connectivity index (χ3n) is 3.23. The van der Waals surface area contributed by atoms with Crippen LogP contribution in [0.5, 0.6) is 0 Å². The van der Waals surface area contributed by atoms with Crippen LogP contribution in [-0.2, 0) is 11.2 Å². The first-order valence-electron chi connectivity index (χ1n) is 7.09. The van der Waals surface area contributed by atoms with Gasteiger partial charge in [0.15, 0.2) is 0 Å². The highest BCUT2D eigenvalue weighted by atomic mass is 35.5. The van der Waals surface area contributed by atoms with Crippen LogP contribution < -0.4 is 0 Å². The molecule has 106 valence electrons. The van der Waals surface area contributed by atoms with Gasteiger partial charge >= 0.3 is 0 Å². The molecule has 0 saturated heterocycles. The van der Waals surface area contributed by atoms with E-state index in [4.69, 9.17) is 23.2 Å². The number of unbranched alkanes of at least 4 members (excludes halogenated alkanes) is 5. The van der Waals surface area contributed by atoms with E-state index in [9.17, 15) is 4.79 Å². The van der Waals surface area contributed by atoms with E-state index in [0.29, 0.717) is 22.9 Å². The molecule has 3 heteroatoms. The molecule has 0 aliphatic heterocycles. The van der Waals surface area contributed by atoms with Crippen LogP contribution in [0.4, 0.5) is 0 Å². The van der Waals surface area contributed by atoms with Gasteiger partial charge in [-0.25, -0.2) is 0 Å². The molecule has 1 rings (SSSR count). The number of hydrogen-bond donors (Lipinski definition) is 0. The average molecular weight is 301 g/mol. The van der Waals surface area contributed by atoms with Gasteiger partial charge in [-0.05, 0) is 18.1 Å². The van der Waals surface area contributed by atoms with Crippen LogP contribution in [-0.4, -0.2) is 5.78 Å². The van der Waals surface area contributed by atoms with Crippen molar-refractivity contribution in [2.24, 2.45) is 0 Å². The molecule has 1 aromatic carbocycles. The van der Waals surface area contributed by atoms with Crippen molar-refractivity contribution >= 4 is 29.0 Å². The molecular formula is C16H22Cl2O. The number of carbonyl (C=O) groups excluding carboxylic acids is 1. The Balaban J connectivity index is 2.26. The first-order chi connectivity index (χ1) is 9.15. The lowest BCUT2D eigenvalue weighted by Crippen LogP contribution is -2.03. The predicted octanol–water partition coefficient (Wildman–Crippen LogP) is 5.86. The molecular weight excluding hydrogens is 279 g/mol. The maximum Gasteiger partial charge on any atom is 0.137 e. The molecule has 0 atom stereocenters. The molecule has 1 nitrogen and oxygen atoms in total. The molecule has 0 aliphatic carbocycles. The van der Waals surface area contributed by atoms with E-state index >= 15 is 0 Å². The van der Waals surface area contributed by atoms with Crippen molar-refractivity contribution in [3.8, 4) is 0 Å². The first kappa shape index (κ1) is 16.5. The number of benzene rings is 1. The van der Waals surface area contributed by atoms with Crippen molar-refractivity contribution in [2.45, 2.75) is 58.3 Å². The minimum atomic E-state index is 0.250. The fourth-order valence-electron chi connectivity index (χ4n) is 2.09. The number of carbonyl (C=O) groups is 1. The standard InChI is InChI=1S/C16H22Cl2O/c1-2-3-4-5-6-7-10-14(19)12-13-9-8-11-15(17)16(13)18/h8-9,11H,2-7,10,12H2,1H3. The van der Waals surface area contributed by atoms with Gasteiger partial charge in [0, 0.05) is 12.8 Å². The van der Waals surface area contributed by atoms with Gasteiger partial charge < -0.3 is 0 Å². The Bertz CT molecular complexity index is 402. The lowest BCUT2D eigenvalue weighted by molar-refractivity contribution is -0.118. The van der Waals surface area contributed by atoms with Crippen molar-refractivity contribution in [2.75, 3.05) is 0 Å². The highest BCUT2D eigenvalue weighted by Crippen LogP contribution is 2.26. The summed E-state index contributed by atoms with van der Waals surface area (Å²) in [5.74, 6) is 0.250. The van der Waals surface area contributed by atoms with Crippen LogP contribution in [0.1, 0.15) is 57.4 Å². The van der Waals surface area contributed by atoms with Crippen molar-refractivity contribution in [1.29, 1.82) is 0 Å². The molecule has 1 aromatic rings. The molecule has 0 heterocycles. The molecule has 0 fully saturated rings. The van der Waals surface area contributed by atoms with Gasteiger partial charge in [0.05, 0.1) is 10.0 Å². The van der Waals surface area contributed by atoms with E-state index in [1.807, 2.05) is 12.1 Å². The Morgan fingerprint density at radius 3 is 2.47 bits per heavy atom. The molecule has 0 unspecified atom stereocenters. The molecule has 19 heavy (non-hydrogen) atoms. The number of ketones is 1. The monoisotopic (exact) mass is 300 g/mol. The molecule has 0 N–H and O–H groups in total. The summed E-state index contributed by atoms with van der Waals surface area (Å²) in [5, 5.41) is 1.03. The molecule has 0 saturated carbocycles. The SMILES string of the molecule is CCCCCCCCC(=O)Cc1cccc(Cl)c1Cl. The van der Waals surface area contributed by atoms with Gasteiger partial charge in [0.1, 0.15) is 5.78 Å². The van der Waals surface area contributed by atoms with Gasteiger partial charge in [-0.2, -0.15) is 0 Å². The summed E-state index contributed by atoms with van der Waals surface area (Å²) in [6.45, 7) is 2.21. The lowest BCUT2D eigenvalue weighted by atomic mass is 10.0. The second-order valence-corrected chi connectivity index (χ2v) is 5.73. The van der Waals surface area contributed by atoms with Crippen LogP contribution >= 0.6 is 23.2 Å². The van der Waals surface area contributed by atoms with Crippen LogP contribution in [0.25, 0.3) is 0 Å². The normalized spacial score (nSPS) is 10.7. The Morgan fingerprint density at radius 2 is 1.74 bits per heavy atom. The van der Waals surface area contributed by atoms with Crippen LogP contribution in [0.15, 0.2) is 18.2 Å². The Morgan fingerprint density at radius 1 is 1.05 bits per heavy atom. The summed E-state index contributed by atoms with van der Waals surface area (Å²) in [6, 6.07) is 5.44. The Hall–Kier alpha value is -0.530. The largest absolute Gasteiger partial charge is 0.299 e. The van der Waals surface area contributed by atoms with Crippen molar-refractivity contribution in [1.82, 2.24) is 0 Å². The third kappa shape index (κ3) is 6.44. The van der Waals surface area contributed by atoms with Gasteiger partial charge in [-0.15, -0.1) is 0 Å². The Kier molecular flexibility index (Phi) is 8.16. The zero-order chi connectivity index (χ0) is 14.1. The van der Waals surface area contributed by atoms with E-state index in [0.717, 1.165) is 18.4 Å². The Labute approximate surface area is 126 Å². The lowest BCUT2D eigenvalue weighted by Gasteiger charge is -2.05. The first-order valence-corrected chi connectivity index (χ1v) is 7.85. The smallest absolute Gasteiger partial charge is 0.137 e. The van der Waals surface area contributed by atoms with Gasteiger partial charge in [-0.1, -0.05) is 74.4 Å². The predicted molar refractivity (Wildman–Crippen MR) is 83.2 cm³/mol. The van der Waals surface area contributed by atoms with Gasteiger partial charge in [0.25, 0.3) is 0 Å². The van der Waals surface area contributed by atoms with E-state index in [-0.39, 0.29) is 5.78 Å². The second-order valence-electron chi connectivity index (χ2n) is 4.95. The van der Waals surface area contributed by atoms with E-state index in [1.54, 1.807) is 6.07 Å². The topological polar surface area (TPSA) is 17.1 Å². The summed E-state index contributed by atoms with van der Waals surface area (Å²) in [4.78, 5) is 11.9. The maximum atomic E-state index is 11.9. The summed E-state index contributed by atoms with van der Waals surface area (Å²) >= 11 is 12.0. The summed E-state index contributed by atoms with van der Waals surface area (Å²) in [6.07, 6.45) is 8.25. The van der Waals surface area contributed by atoms with Gasteiger partial charge in [0.2, 0.25) is 0 Å². The van der Waals surface area contributed by atoms with Crippen LogP contribution in [0, 0.1) is 0 Å². The van der Waals surface area contributed by atoms with E-state index in [1.165, 1.54) is 25.7 Å². The zero-order valence-electron chi connectivity index (χ0n) is 11.6. The summed E-state index contributed by atoms with van der Waals surface area (Å²) in [5.41, 5.74) is 0.838. The fraction of sp³-hybridized carbons (Fsp3) is 0.562. The molecule has 0 spiro atoms. The number of rotatable bonds is 9. The quantitative estimate of drug-likeness (QED) is 0.522. The van der Waals surface area contributed by atoms with E-state index < -0.39 is 0 Å². The molecule has 0 aliphatic rings. The summed E-state index contributed by atoms with van der Waals surface area (Å²) < 4.78 is 0.